The third-order valence-electron chi connectivity index (χ3n) is 2.09. The highest BCUT2D eigenvalue weighted by Crippen LogP contribution is 2.08. The first-order valence-corrected chi connectivity index (χ1v) is 4.91. The minimum atomic E-state index is -0.347. The normalized spacial score (nSPS) is 12.3. The summed E-state index contributed by atoms with van der Waals surface area (Å²) in [7, 11) is 0. The second kappa shape index (κ2) is 4.19. The molecule has 2 aromatic rings. The number of pyridine rings is 1. The number of terminal acetylenes is 1. The van der Waals surface area contributed by atoms with E-state index >= 15 is 0 Å². The molecule has 0 spiro atoms. The van der Waals surface area contributed by atoms with Gasteiger partial charge in [-0.2, -0.15) is 4.98 Å². The minimum absolute atomic E-state index is 0.0901. The lowest BCUT2D eigenvalue weighted by Crippen LogP contribution is -2.15. The zero-order chi connectivity index (χ0) is 11.5. The molecule has 0 bridgehead atoms. The Morgan fingerprint density at radius 3 is 3.19 bits per heavy atom. The molecule has 0 aromatic carbocycles. The van der Waals surface area contributed by atoms with Gasteiger partial charge in [0.1, 0.15) is 5.82 Å². The van der Waals surface area contributed by atoms with E-state index in [1.807, 2.05) is 6.92 Å². The third kappa shape index (κ3) is 2.11. The van der Waals surface area contributed by atoms with Crippen LogP contribution in [-0.2, 0) is 0 Å². The van der Waals surface area contributed by atoms with Gasteiger partial charge in [0.2, 0.25) is 5.95 Å². The predicted molar refractivity (Wildman–Crippen MR) is 59.5 cm³/mol. The SMILES string of the molecule is C#CCC(C)Nc1nc2ccc(F)cn2n1. The Morgan fingerprint density at radius 1 is 1.62 bits per heavy atom. The van der Waals surface area contributed by atoms with E-state index in [0.29, 0.717) is 18.0 Å². The fourth-order valence-electron chi connectivity index (χ4n) is 1.37. The number of fused-ring (bicyclic) bond motifs is 1. The van der Waals surface area contributed by atoms with Crippen molar-refractivity contribution in [2.45, 2.75) is 19.4 Å². The number of halogens is 1. The van der Waals surface area contributed by atoms with Gasteiger partial charge in [-0.25, -0.2) is 8.91 Å². The highest BCUT2D eigenvalue weighted by Gasteiger charge is 2.06. The Morgan fingerprint density at radius 2 is 2.44 bits per heavy atom. The molecule has 0 saturated heterocycles. The lowest BCUT2D eigenvalue weighted by Gasteiger charge is -2.06. The van der Waals surface area contributed by atoms with Crippen LogP contribution in [0.2, 0.25) is 0 Å². The number of hydrogen-bond acceptors (Lipinski definition) is 3. The molecule has 0 saturated carbocycles. The van der Waals surface area contributed by atoms with Crippen LogP contribution in [-0.4, -0.2) is 20.6 Å². The van der Waals surface area contributed by atoms with Gasteiger partial charge < -0.3 is 5.32 Å². The summed E-state index contributed by atoms with van der Waals surface area (Å²) < 4.78 is 14.3. The van der Waals surface area contributed by atoms with Crippen LogP contribution in [0.4, 0.5) is 10.3 Å². The Bertz CT molecular complexity index is 540. The monoisotopic (exact) mass is 218 g/mol. The maximum atomic E-state index is 12.9. The highest BCUT2D eigenvalue weighted by molar-refractivity contribution is 5.43. The molecule has 0 aliphatic heterocycles. The van der Waals surface area contributed by atoms with Crippen LogP contribution in [0.5, 0.6) is 0 Å². The van der Waals surface area contributed by atoms with Crippen molar-refractivity contribution in [1.29, 1.82) is 0 Å². The molecular formula is C11H11FN4. The molecule has 0 aliphatic carbocycles. The van der Waals surface area contributed by atoms with Crippen molar-refractivity contribution in [2.75, 3.05) is 5.32 Å². The summed E-state index contributed by atoms with van der Waals surface area (Å²) in [5.41, 5.74) is 0.594. The van der Waals surface area contributed by atoms with Crippen LogP contribution < -0.4 is 5.32 Å². The number of rotatable bonds is 3. The predicted octanol–water partition coefficient (Wildman–Crippen LogP) is 1.69. The molecule has 0 radical (unpaired) electrons. The fraction of sp³-hybridized carbons (Fsp3) is 0.273. The summed E-state index contributed by atoms with van der Waals surface area (Å²) in [6.07, 6.45) is 7.06. The van der Waals surface area contributed by atoms with Crippen molar-refractivity contribution < 1.29 is 4.39 Å². The Kier molecular flexibility index (Phi) is 2.73. The molecule has 0 amide bonds. The van der Waals surface area contributed by atoms with Crippen LogP contribution in [0.1, 0.15) is 13.3 Å². The maximum absolute atomic E-state index is 12.9. The fourth-order valence-corrected chi connectivity index (χ4v) is 1.37. The lowest BCUT2D eigenvalue weighted by atomic mass is 10.2. The second-order valence-electron chi connectivity index (χ2n) is 3.54. The van der Waals surface area contributed by atoms with Crippen LogP contribution >= 0.6 is 0 Å². The van der Waals surface area contributed by atoms with Crippen molar-refractivity contribution in [3.05, 3.63) is 24.1 Å². The summed E-state index contributed by atoms with van der Waals surface area (Å²) in [4.78, 5) is 4.18. The molecule has 1 atom stereocenters. The first-order chi connectivity index (χ1) is 7.69. The minimum Gasteiger partial charge on any atom is -0.350 e. The van der Waals surface area contributed by atoms with E-state index in [-0.39, 0.29) is 11.9 Å². The van der Waals surface area contributed by atoms with Crippen molar-refractivity contribution >= 4 is 11.6 Å². The van der Waals surface area contributed by atoms with Crippen molar-refractivity contribution in [2.24, 2.45) is 0 Å². The van der Waals surface area contributed by atoms with E-state index in [1.54, 1.807) is 6.07 Å². The third-order valence-corrected chi connectivity index (χ3v) is 2.09. The second-order valence-corrected chi connectivity index (χ2v) is 3.54. The molecule has 5 heteroatoms. The molecule has 4 nitrogen and oxygen atoms in total. The van der Waals surface area contributed by atoms with Crippen LogP contribution in [0.15, 0.2) is 18.3 Å². The van der Waals surface area contributed by atoms with Crippen LogP contribution in [0.3, 0.4) is 0 Å². The van der Waals surface area contributed by atoms with Gasteiger partial charge in [-0.3, -0.25) is 0 Å². The lowest BCUT2D eigenvalue weighted by molar-refractivity contribution is 0.614. The summed E-state index contributed by atoms with van der Waals surface area (Å²) in [6.45, 7) is 1.94. The molecule has 0 aliphatic rings. The Labute approximate surface area is 92.5 Å². The van der Waals surface area contributed by atoms with Gasteiger partial charge in [-0.1, -0.05) is 0 Å². The summed E-state index contributed by atoms with van der Waals surface area (Å²) in [6, 6.07) is 3.00. The van der Waals surface area contributed by atoms with Crippen LogP contribution in [0.25, 0.3) is 5.65 Å². The quantitative estimate of drug-likeness (QED) is 0.797. The van der Waals surface area contributed by atoms with Crippen molar-refractivity contribution in [1.82, 2.24) is 14.6 Å². The van der Waals surface area contributed by atoms with E-state index in [2.05, 4.69) is 21.3 Å². The zero-order valence-electron chi connectivity index (χ0n) is 8.81. The number of anilines is 1. The van der Waals surface area contributed by atoms with Gasteiger partial charge in [-0.15, -0.1) is 17.4 Å². The van der Waals surface area contributed by atoms with Gasteiger partial charge in [-0.05, 0) is 19.1 Å². The smallest absolute Gasteiger partial charge is 0.243 e. The largest absolute Gasteiger partial charge is 0.350 e. The number of hydrogen-bond donors (Lipinski definition) is 1. The molecule has 2 rings (SSSR count). The first-order valence-electron chi connectivity index (χ1n) is 4.91. The average Bonchev–Trinajstić information content (AvgIpc) is 2.59. The first kappa shape index (κ1) is 10.4. The van der Waals surface area contributed by atoms with Gasteiger partial charge in [0.15, 0.2) is 5.65 Å². The van der Waals surface area contributed by atoms with E-state index in [4.69, 9.17) is 6.42 Å². The Balaban J connectivity index is 2.23. The van der Waals surface area contributed by atoms with Crippen molar-refractivity contribution in [3.8, 4) is 12.3 Å². The number of aromatic nitrogens is 3. The summed E-state index contributed by atoms with van der Waals surface area (Å²) in [5, 5.41) is 7.13. The molecule has 1 unspecified atom stereocenters. The molecule has 16 heavy (non-hydrogen) atoms. The molecule has 2 aromatic heterocycles. The molecule has 0 fully saturated rings. The topological polar surface area (TPSA) is 42.2 Å². The van der Waals surface area contributed by atoms with E-state index in [1.165, 1.54) is 16.8 Å². The summed E-state index contributed by atoms with van der Waals surface area (Å²) in [5.74, 6) is 2.65. The zero-order valence-corrected chi connectivity index (χ0v) is 8.81. The molecule has 1 N–H and O–H groups in total. The van der Waals surface area contributed by atoms with E-state index in [0.717, 1.165) is 0 Å². The van der Waals surface area contributed by atoms with Gasteiger partial charge in [0.05, 0.1) is 6.20 Å². The number of nitrogens with one attached hydrogen (secondary N) is 1. The van der Waals surface area contributed by atoms with Gasteiger partial charge >= 0.3 is 0 Å². The van der Waals surface area contributed by atoms with Crippen molar-refractivity contribution in [3.63, 3.8) is 0 Å². The molecular weight excluding hydrogens is 207 g/mol. The Hall–Kier alpha value is -2.09. The molecule has 82 valence electrons. The highest BCUT2D eigenvalue weighted by atomic mass is 19.1. The average molecular weight is 218 g/mol. The number of nitrogens with zero attached hydrogens (tertiary/aromatic N) is 3. The molecule has 2 heterocycles. The van der Waals surface area contributed by atoms with Crippen LogP contribution in [0, 0.1) is 18.2 Å². The standard InChI is InChI=1S/C11H11FN4/c1-3-4-8(2)13-11-14-10-6-5-9(12)7-16(10)15-11/h1,5-8H,4H2,2H3,(H,13,15). The maximum Gasteiger partial charge on any atom is 0.243 e. The summed E-state index contributed by atoms with van der Waals surface area (Å²) >= 11 is 0. The van der Waals surface area contributed by atoms with Gasteiger partial charge in [0.25, 0.3) is 0 Å². The van der Waals surface area contributed by atoms with E-state index in [9.17, 15) is 4.39 Å². The van der Waals surface area contributed by atoms with E-state index < -0.39 is 0 Å². The van der Waals surface area contributed by atoms with Gasteiger partial charge in [0, 0.05) is 12.5 Å².